The molecule has 5 N–H and O–H groups in total. The van der Waals surface area contributed by atoms with Gasteiger partial charge in [-0.25, -0.2) is 13.5 Å². The summed E-state index contributed by atoms with van der Waals surface area (Å²) in [4.78, 5) is 24.6. The number of nitrogens with zero attached hydrogens (tertiary/aromatic N) is 2. The SMILES string of the molecule is COc1ccccc1C(=O)NCc1cc(F)c(-c2nn(C3CCCC3)c(N)c2C(N)=O)cc1F. The number of nitrogen functional groups attached to an aromatic ring is 1. The van der Waals surface area contributed by atoms with Gasteiger partial charge in [0.2, 0.25) is 0 Å². The molecule has 0 unspecified atom stereocenters. The van der Waals surface area contributed by atoms with Crippen LogP contribution in [0.25, 0.3) is 11.3 Å². The molecule has 10 heteroatoms. The van der Waals surface area contributed by atoms with Crippen molar-refractivity contribution in [2.75, 3.05) is 12.8 Å². The summed E-state index contributed by atoms with van der Waals surface area (Å²) in [6, 6.07) is 8.44. The maximum absolute atomic E-state index is 15.1. The van der Waals surface area contributed by atoms with Crippen molar-refractivity contribution < 1.29 is 23.1 Å². The Balaban J connectivity index is 1.63. The van der Waals surface area contributed by atoms with Crippen molar-refractivity contribution in [2.45, 2.75) is 38.3 Å². The van der Waals surface area contributed by atoms with Gasteiger partial charge in [-0.05, 0) is 37.1 Å². The Morgan fingerprint density at radius 1 is 1.18 bits per heavy atom. The predicted octanol–water partition coefficient (Wildman–Crippen LogP) is 3.56. The number of rotatable bonds is 7. The predicted molar refractivity (Wildman–Crippen MR) is 122 cm³/mol. The molecule has 4 rings (SSSR count). The van der Waals surface area contributed by atoms with Crippen LogP contribution >= 0.6 is 0 Å². The van der Waals surface area contributed by atoms with Crippen molar-refractivity contribution in [3.63, 3.8) is 0 Å². The van der Waals surface area contributed by atoms with Gasteiger partial charge in [0.25, 0.3) is 11.8 Å². The zero-order chi connectivity index (χ0) is 24.4. The lowest BCUT2D eigenvalue weighted by Crippen LogP contribution is -2.24. The number of hydrogen-bond donors (Lipinski definition) is 3. The van der Waals surface area contributed by atoms with E-state index in [9.17, 15) is 14.0 Å². The van der Waals surface area contributed by atoms with E-state index in [0.717, 1.165) is 37.8 Å². The number of ether oxygens (including phenoxy) is 1. The highest BCUT2D eigenvalue weighted by atomic mass is 19.1. The molecule has 0 bridgehead atoms. The van der Waals surface area contributed by atoms with Crippen molar-refractivity contribution in [1.82, 2.24) is 15.1 Å². The van der Waals surface area contributed by atoms with Crippen molar-refractivity contribution in [3.05, 3.63) is 64.7 Å². The first-order chi connectivity index (χ1) is 16.3. The molecule has 3 aromatic rings. The maximum Gasteiger partial charge on any atom is 0.255 e. The zero-order valence-electron chi connectivity index (χ0n) is 18.6. The Hall–Kier alpha value is -3.95. The summed E-state index contributed by atoms with van der Waals surface area (Å²) < 4.78 is 36.7. The first-order valence-electron chi connectivity index (χ1n) is 10.9. The van der Waals surface area contributed by atoms with Gasteiger partial charge in [0.1, 0.15) is 34.5 Å². The summed E-state index contributed by atoms with van der Waals surface area (Å²) in [5.74, 6) is -2.56. The molecule has 1 fully saturated rings. The number of nitrogens with one attached hydrogen (secondary N) is 1. The second-order valence-corrected chi connectivity index (χ2v) is 8.16. The third kappa shape index (κ3) is 4.30. The number of halogens is 2. The maximum atomic E-state index is 15.1. The largest absolute Gasteiger partial charge is 0.496 e. The molecule has 1 saturated carbocycles. The second kappa shape index (κ2) is 9.50. The highest BCUT2D eigenvalue weighted by Gasteiger charge is 2.29. The van der Waals surface area contributed by atoms with E-state index in [-0.39, 0.29) is 46.4 Å². The highest BCUT2D eigenvalue weighted by molar-refractivity contribution is 6.03. The standard InChI is InChI=1S/C24H25F2N5O3/c1-34-19-9-5-4-8-15(19)24(33)29-12-13-10-18(26)16(11-17(13)25)21-20(23(28)32)22(27)31(30-21)14-6-2-3-7-14/h4-5,8-11,14H,2-3,6-7,12,27H2,1H3,(H2,28,32)(H,29,33). The van der Waals surface area contributed by atoms with E-state index in [0.29, 0.717) is 5.75 Å². The molecule has 0 saturated heterocycles. The molecule has 178 valence electrons. The van der Waals surface area contributed by atoms with Crippen LogP contribution in [-0.2, 0) is 6.54 Å². The first kappa shape index (κ1) is 23.2. The summed E-state index contributed by atoms with van der Waals surface area (Å²) >= 11 is 0. The molecule has 0 atom stereocenters. The van der Waals surface area contributed by atoms with Gasteiger partial charge in [-0.3, -0.25) is 9.59 Å². The minimum absolute atomic E-state index is 0.0239. The Labute approximate surface area is 194 Å². The quantitative estimate of drug-likeness (QED) is 0.488. The van der Waals surface area contributed by atoms with Crippen LogP contribution in [-0.4, -0.2) is 28.7 Å². The van der Waals surface area contributed by atoms with Crippen LogP contribution in [0.2, 0.25) is 0 Å². The molecule has 1 aliphatic rings. The van der Waals surface area contributed by atoms with Crippen molar-refractivity contribution in [2.24, 2.45) is 5.73 Å². The van der Waals surface area contributed by atoms with Crippen molar-refractivity contribution in [3.8, 4) is 17.0 Å². The first-order valence-corrected chi connectivity index (χ1v) is 10.9. The molecular formula is C24H25F2N5O3. The summed E-state index contributed by atoms with van der Waals surface area (Å²) in [5, 5.41) is 6.91. The van der Waals surface area contributed by atoms with E-state index in [1.807, 2.05) is 0 Å². The summed E-state index contributed by atoms with van der Waals surface area (Å²) in [6.45, 7) is -0.263. The van der Waals surface area contributed by atoms with Crippen LogP contribution in [0.1, 0.15) is 58.0 Å². The average Bonchev–Trinajstić information content (AvgIpc) is 3.46. The van der Waals surface area contributed by atoms with Crippen LogP contribution in [0.5, 0.6) is 5.75 Å². The monoisotopic (exact) mass is 469 g/mol. The van der Waals surface area contributed by atoms with Crippen LogP contribution in [0, 0.1) is 11.6 Å². The number of anilines is 1. The molecule has 1 aromatic heterocycles. The third-order valence-corrected chi connectivity index (χ3v) is 6.05. The van der Waals surface area contributed by atoms with Crippen molar-refractivity contribution in [1.29, 1.82) is 0 Å². The number of para-hydroxylation sites is 1. The smallest absolute Gasteiger partial charge is 0.255 e. The Bertz CT molecular complexity index is 1250. The molecule has 8 nitrogen and oxygen atoms in total. The van der Waals surface area contributed by atoms with Crippen LogP contribution in [0.4, 0.5) is 14.6 Å². The van der Waals surface area contributed by atoms with Gasteiger partial charge in [0.15, 0.2) is 0 Å². The van der Waals surface area contributed by atoms with Gasteiger partial charge in [0, 0.05) is 17.7 Å². The summed E-state index contributed by atoms with van der Waals surface area (Å²) in [6.07, 6.45) is 3.63. The number of nitrogens with two attached hydrogens (primary N) is 2. The number of methoxy groups -OCH3 is 1. The Morgan fingerprint density at radius 3 is 2.56 bits per heavy atom. The van der Waals surface area contributed by atoms with Gasteiger partial charge in [-0.1, -0.05) is 25.0 Å². The molecule has 1 heterocycles. The fourth-order valence-electron chi connectivity index (χ4n) is 4.31. The molecule has 1 aliphatic carbocycles. The van der Waals surface area contributed by atoms with Crippen molar-refractivity contribution >= 4 is 17.6 Å². The fraction of sp³-hybridized carbons (Fsp3) is 0.292. The molecule has 0 aliphatic heterocycles. The van der Waals surface area contributed by atoms with E-state index >= 15 is 4.39 Å². The molecule has 2 amide bonds. The number of benzene rings is 2. The molecular weight excluding hydrogens is 444 g/mol. The summed E-state index contributed by atoms with van der Waals surface area (Å²) in [5.41, 5.74) is 11.3. The van der Waals surface area contributed by atoms with Gasteiger partial charge in [-0.2, -0.15) is 5.10 Å². The lowest BCUT2D eigenvalue weighted by Gasteiger charge is -2.11. The van der Waals surface area contributed by atoms with E-state index < -0.39 is 23.4 Å². The van der Waals surface area contributed by atoms with E-state index in [1.165, 1.54) is 11.8 Å². The van der Waals surface area contributed by atoms with Crippen LogP contribution in [0.15, 0.2) is 36.4 Å². The zero-order valence-corrected chi connectivity index (χ0v) is 18.6. The number of amides is 2. The minimum Gasteiger partial charge on any atom is -0.496 e. The lowest BCUT2D eigenvalue weighted by atomic mass is 10.0. The van der Waals surface area contributed by atoms with Crippen LogP contribution in [0.3, 0.4) is 0 Å². The number of carbonyl (C=O) groups is 2. The van der Waals surface area contributed by atoms with Gasteiger partial charge in [0.05, 0.1) is 18.7 Å². The average molecular weight is 469 g/mol. The van der Waals surface area contributed by atoms with Crippen LogP contribution < -0.4 is 21.5 Å². The van der Waals surface area contributed by atoms with Gasteiger partial charge in [-0.15, -0.1) is 0 Å². The second-order valence-electron chi connectivity index (χ2n) is 8.16. The summed E-state index contributed by atoms with van der Waals surface area (Å²) in [7, 11) is 1.43. The van der Waals surface area contributed by atoms with E-state index in [1.54, 1.807) is 24.3 Å². The highest BCUT2D eigenvalue weighted by Crippen LogP contribution is 2.36. The fourth-order valence-corrected chi connectivity index (χ4v) is 4.31. The number of primary amides is 1. The van der Waals surface area contributed by atoms with E-state index in [4.69, 9.17) is 16.2 Å². The molecule has 0 spiro atoms. The minimum atomic E-state index is -0.871. The lowest BCUT2D eigenvalue weighted by molar-refractivity contribution is 0.0946. The van der Waals surface area contributed by atoms with Gasteiger partial charge >= 0.3 is 0 Å². The van der Waals surface area contributed by atoms with Gasteiger partial charge < -0.3 is 21.5 Å². The number of hydrogen-bond acceptors (Lipinski definition) is 5. The molecule has 34 heavy (non-hydrogen) atoms. The Morgan fingerprint density at radius 2 is 1.88 bits per heavy atom. The Kier molecular flexibility index (Phi) is 6.49. The molecule has 2 aromatic carbocycles. The number of carbonyl (C=O) groups excluding carboxylic acids is 2. The topological polar surface area (TPSA) is 125 Å². The van der Waals surface area contributed by atoms with E-state index in [2.05, 4.69) is 10.4 Å². The number of aromatic nitrogens is 2. The normalized spacial score (nSPS) is 13.7. The third-order valence-electron chi connectivity index (χ3n) is 6.05. The molecule has 0 radical (unpaired) electrons.